The van der Waals surface area contributed by atoms with Gasteiger partial charge in [0.1, 0.15) is 0 Å². The van der Waals surface area contributed by atoms with Crippen LogP contribution in [0.25, 0.3) is 11.1 Å². The zero-order chi connectivity index (χ0) is 10.1. The van der Waals surface area contributed by atoms with E-state index < -0.39 is 0 Å². The van der Waals surface area contributed by atoms with Crippen molar-refractivity contribution in [3.05, 3.63) is 45.6 Å². The highest BCUT2D eigenvalue weighted by Gasteiger charge is 2.04. The lowest BCUT2D eigenvalue weighted by molar-refractivity contribution is 1.46. The van der Waals surface area contributed by atoms with Gasteiger partial charge in [-0.1, -0.05) is 29.8 Å². The Kier molecular flexibility index (Phi) is 2.42. The molecule has 0 amide bonds. The number of rotatable bonds is 1. The van der Waals surface area contributed by atoms with Crippen molar-refractivity contribution in [3.63, 3.8) is 0 Å². The standard InChI is InChI=1S/C13H14S/c1-9-4-6-12(7-5-9)13-8-10(2)14-11(13)3/h4-8H,1-3H3. The second kappa shape index (κ2) is 3.58. The maximum atomic E-state index is 2.27. The lowest BCUT2D eigenvalue weighted by Gasteiger charge is -2.00. The number of hydrogen-bond acceptors (Lipinski definition) is 1. The van der Waals surface area contributed by atoms with Gasteiger partial charge in [-0.25, -0.2) is 0 Å². The van der Waals surface area contributed by atoms with E-state index in [9.17, 15) is 0 Å². The Bertz CT molecular complexity index is 435. The molecule has 2 rings (SSSR count). The van der Waals surface area contributed by atoms with E-state index in [2.05, 4.69) is 51.1 Å². The molecule has 0 fully saturated rings. The first kappa shape index (κ1) is 9.47. The van der Waals surface area contributed by atoms with E-state index in [4.69, 9.17) is 0 Å². The average molecular weight is 202 g/mol. The van der Waals surface area contributed by atoms with Crippen molar-refractivity contribution >= 4 is 11.3 Å². The molecule has 1 heterocycles. The van der Waals surface area contributed by atoms with Gasteiger partial charge in [-0.3, -0.25) is 0 Å². The third-order valence-electron chi connectivity index (χ3n) is 2.40. The van der Waals surface area contributed by atoms with Gasteiger partial charge in [-0.15, -0.1) is 11.3 Å². The third kappa shape index (κ3) is 1.73. The summed E-state index contributed by atoms with van der Waals surface area (Å²) in [6.45, 7) is 6.47. The van der Waals surface area contributed by atoms with Gasteiger partial charge in [-0.05, 0) is 38.0 Å². The lowest BCUT2D eigenvalue weighted by Crippen LogP contribution is -1.77. The van der Waals surface area contributed by atoms with Crippen molar-refractivity contribution in [1.82, 2.24) is 0 Å². The summed E-state index contributed by atoms with van der Waals surface area (Å²) in [5.74, 6) is 0. The molecule has 0 nitrogen and oxygen atoms in total. The SMILES string of the molecule is Cc1ccc(-c2cc(C)sc2C)cc1. The molecule has 72 valence electrons. The van der Waals surface area contributed by atoms with Crippen LogP contribution in [0.2, 0.25) is 0 Å². The van der Waals surface area contributed by atoms with Crippen LogP contribution in [0.5, 0.6) is 0 Å². The Morgan fingerprint density at radius 2 is 1.57 bits per heavy atom. The number of thiophene rings is 1. The van der Waals surface area contributed by atoms with Crippen molar-refractivity contribution < 1.29 is 0 Å². The zero-order valence-corrected chi connectivity index (χ0v) is 9.61. The summed E-state index contributed by atoms with van der Waals surface area (Å²) in [5, 5.41) is 0. The van der Waals surface area contributed by atoms with Crippen LogP contribution in [0.1, 0.15) is 15.3 Å². The summed E-state index contributed by atoms with van der Waals surface area (Å²) < 4.78 is 0. The van der Waals surface area contributed by atoms with Gasteiger partial charge in [0.15, 0.2) is 0 Å². The molecule has 0 saturated carbocycles. The molecule has 1 heteroatoms. The summed E-state index contributed by atoms with van der Waals surface area (Å²) in [5.41, 5.74) is 4.03. The molecule has 0 N–H and O–H groups in total. The number of aryl methyl sites for hydroxylation is 3. The summed E-state index contributed by atoms with van der Waals surface area (Å²) in [7, 11) is 0. The van der Waals surface area contributed by atoms with E-state index in [0.29, 0.717) is 0 Å². The summed E-state index contributed by atoms with van der Waals surface area (Å²) in [6.07, 6.45) is 0. The topological polar surface area (TPSA) is 0 Å². The minimum absolute atomic E-state index is 1.32. The molecule has 0 bridgehead atoms. The molecule has 0 saturated heterocycles. The summed E-state index contributed by atoms with van der Waals surface area (Å²) in [4.78, 5) is 2.80. The van der Waals surface area contributed by atoms with E-state index in [1.54, 1.807) is 0 Å². The quantitative estimate of drug-likeness (QED) is 0.645. The smallest absolute Gasteiger partial charge is 0.00954 e. The molecule has 1 aromatic carbocycles. The Morgan fingerprint density at radius 1 is 0.929 bits per heavy atom. The first-order valence-corrected chi connectivity index (χ1v) is 5.62. The van der Waals surface area contributed by atoms with Crippen molar-refractivity contribution in [2.24, 2.45) is 0 Å². The first-order chi connectivity index (χ1) is 6.66. The molecule has 0 aliphatic heterocycles. The summed E-state index contributed by atoms with van der Waals surface area (Å²) in [6, 6.07) is 11.0. The molecule has 0 aliphatic carbocycles. The minimum Gasteiger partial charge on any atom is -0.145 e. The van der Waals surface area contributed by atoms with Gasteiger partial charge in [0.05, 0.1) is 0 Å². The van der Waals surface area contributed by atoms with Gasteiger partial charge < -0.3 is 0 Å². The molecule has 1 aromatic heterocycles. The van der Waals surface area contributed by atoms with E-state index in [0.717, 1.165) is 0 Å². The molecule has 0 aliphatic rings. The highest BCUT2D eigenvalue weighted by molar-refractivity contribution is 7.12. The van der Waals surface area contributed by atoms with Crippen molar-refractivity contribution in [3.8, 4) is 11.1 Å². The number of hydrogen-bond donors (Lipinski definition) is 0. The number of benzene rings is 1. The van der Waals surface area contributed by atoms with Gasteiger partial charge >= 0.3 is 0 Å². The Balaban J connectivity index is 2.49. The normalized spacial score (nSPS) is 10.5. The van der Waals surface area contributed by atoms with Gasteiger partial charge in [0, 0.05) is 9.75 Å². The second-order valence-corrected chi connectivity index (χ2v) is 5.15. The van der Waals surface area contributed by atoms with E-state index in [1.165, 1.54) is 26.4 Å². The third-order valence-corrected chi connectivity index (χ3v) is 3.37. The molecule has 0 radical (unpaired) electrons. The maximum Gasteiger partial charge on any atom is 0.00954 e. The molecule has 0 unspecified atom stereocenters. The fourth-order valence-electron chi connectivity index (χ4n) is 1.65. The van der Waals surface area contributed by atoms with Crippen LogP contribution < -0.4 is 0 Å². The molecule has 14 heavy (non-hydrogen) atoms. The van der Waals surface area contributed by atoms with E-state index in [-0.39, 0.29) is 0 Å². The van der Waals surface area contributed by atoms with Gasteiger partial charge in [-0.2, -0.15) is 0 Å². The largest absolute Gasteiger partial charge is 0.145 e. The highest BCUT2D eigenvalue weighted by atomic mass is 32.1. The highest BCUT2D eigenvalue weighted by Crippen LogP contribution is 2.30. The van der Waals surface area contributed by atoms with Crippen LogP contribution >= 0.6 is 11.3 Å². The Labute approximate surface area is 89.2 Å². The Hall–Kier alpha value is -1.08. The van der Waals surface area contributed by atoms with Crippen LogP contribution in [0, 0.1) is 20.8 Å². The first-order valence-electron chi connectivity index (χ1n) is 4.81. The van der Waals surface area contributed by atoms with Crippen molar-refractivity contribution in [2.75, 3.05) is 0 Å². The predicted molar refractivity (Wildman–Crippen MR) is 64.0 cm³/mol. The fourth-order valence-corrected chi connectivity index (χ4v) is 2.60. The lowest BCUT2D eigenvalue weighted by atomic mass is 10.1. The Morgan fingerprint density at radius 3 is 2.07 bits per heavy atom. The van der Waals surface area contributed by atoms with E-state index in [1.807, 2.05) is 11.3 Å². The predicted octanol–water partition coefficient (Wildman–Crippen LogP) is 4.34. The molecular formula is C13H14S. The van der Waals surface area contributed by atoms with Crippen LogP contribution in [0.3, 0.4) is 0 Å². The van der Waals surface area contributed by atoms with Gasteiger partial charge in [0.25, 0.3) is 0 Å². The van der Waals surface area contributed by atoms with Crippen LogP contribution in [0.15, 0.2) is 30.3 Å². The molecule has 2 aromatic rings. The van der Waals surface area contributed by atoms with Crippen LogP contribution in [-0.4, -0.2) is 0 Å². The zero-order valence-electron chi connectivity index (χ0n) is 8.79. The maximum absolute atomic E-state index is 2.27. The monoisotopic (exact) mass is 202 g/mol. The molecule has 0 atom stereocenters. The van der Waals surface area contributed by atoms with E-state index >= 15 is 0 Å². The summed E-state index contributed by atoms with van der Waals surface area (Å²) >= 11 is 1.87. The minimum atomic E-state index is 1.32. The fraction of sp³-hybridized carbons (Fsp3) is 0.231. The van der Waals surface area contributed by atoms with Gasteiger partial charge in [0.2, 0.25) is 0 Å². The van der Waals surface area contributed by atoms with Crippen molar-refractivity contribution in [1.29, 1.82) is 0 Å². The van der Waals surface area contributed by atoms with Crippen LogP contribution in [-0.2, 0) is 0 Å². The molecule has 0 spiro atoms. The van der Waals surface area contributed by atoms with Crippen LogP contribution in [0.4, 0.5) is 0 Å². The van der Waals surface area contributed by atoms with Crippen molar-refractivity contribution in [2.45, 2.75) is 20.8 Å². The average Bonchev–Trinajstić information content (AvgIpc) is 2.47. The second-order valence-electron chi connectivity index (χ2n) is 3.69. The molecular weight excluding hydrogens is 188 g/mol.